The van der Waals surface area contributed by atoms with Crippen LogP contribution in [0.4, 0.5) is 0 Å². The molecule has 116 valence electrons. The molecule has 2 rings (SSSR count). The van der Waals surface area contributed by atoms with Crippen molar-refractivity contribution >= 4 is 11.0 Å². The molecule has 0 aliphatic rings. The fourth-order valence-electron chi connectivity index (χ4n) is 2.67. The average molecular weight is 289 g/mol. The molecule has 0 aliphatic carbocycles. The van der Waals surface area contributed by atoms with E-state index < -0.39 is 0 Å². The number of hydrogen-bond donors (Lipinski definition) is 1. The Morgan fingerprint density at radius 1 is 1.29 bits per heavy atom. The van der Waals surface area contributed by atoms with Crippen LogP contribution in [0.2, 0.25) is 0 Å². The molecule has 0 spiro atoms. The molecule has 0 amide bonds. The summed E-state index contributed by atoms with van der Waals surface area (Å²) < 4.78 is 11.2. The normalized spacial score (nSPS) is 12.9. The highest BCUT2D eigenvalue weighted by atomic mass is 16.5. The summed E-state index contributed by atoms with van der Waals surface area (Å²) in [6.07, 6.45) is 3.39. The summed E-state index contributed by atoms with van der Waals surface area (Å²) in [7, 11) is 1.75. The van der Waals surface area contributed by atoms with Crippen molar-refractivity contribution in [2.75, 3.05) is 20.3 Å². The zero-order valence-corrected chi connectivity index (χ0v) is 13.4. The van der Waals surface area contributed by atoms with Crippen molar-refractivity contribution < 1.29 is 9.15 Å². The summed E-state index contributed by atoms with van der Waals surface area (Å²) in [5, 5.41) is 4.79. The van der Waals surface area contributed by atoms with Gasteiger partial charge in [-0.1, -0.05) is 38.5 Å². The minimum Gasteiger partial charge on any atom is -0.461 e. The first kappa shape index (κ1) is 16.1. The molecule has 3 heteroatoms. The molecule has 21 heavy (non-hydrogen) atoms. The molecule has 1 N–H and O–H groups in total. The van der Waals surface area contributed by atoms with Gasteiger partial charge >= 0.3 is 0 Å². The van der Waals surface area contributed by atoms with Crippen molar-refractivity contribution in [1.82, 2.24) is 5.32 Å². The van der Waals surface area contributed by atoms with Gasteiger partial charge in [0.05, 0.1) is 0 Å². The number of aryl methyl sites for hydroxylation is 1. The Morgan fingerprint density at radius 2 is 2.10 bits per heavy atom. The monoisotopic (exact) mass is 289 g/mol. The first-order chi connectivity index (χ1) is 10.3. The van der Waals surface area contributed by atoms with Crippen LogP contribution in [-0.4, -0.2) is 20.3 Å². The second-order valence-corrected chi connectivity index (χ2v) is 5.79. The number of rotatable bonds is 9. The number of methoxy groups -OCH3 is 1. The second-order valence-electron chi connectivity index (χ2n) is 5.79. The Kier molecular flexibility index (Phi) is 6.27. The lowest BCUT2D eigenvalue weighted by atomic mass is 10.1. The van der Waals surface area contributed by atoms with E-state index in [1.807, 2.05) is 6.07 Å². The van der Waals surface area contributed by atoms with Crippen LogP contribution in [0.3, 0.4) is 0 Å². The maximum atomic E-state index is 6.04. The van der Waals surface area contributed by atoms with E-state index >= 15 is 0 Å². The van der Waals surface area contributed by atoms with E-state index in [4.69, 9.17) is 9.15 Å². The topological polar surface area (TPSA) is 34.4 Å². The van der Waals surface area contributed by atoms with Gasteiger partial charge in [-0.25, -0.2) is 0 Å². The Hall–Kier alpha value is -1.32. The third-order valence-electron chi connectivity index (χ3n) is 3.79. The Labute approximate surface area is 127 Å². The summed E-state index contributed by atoms with van der Waals surface area (Å²) >= 11 is 0. The smallest absolute Gasteiger partial charge is 0.134 e. The summed E-state index contributed by atoms with van der Waals surface area (Å²) in [6.45, 7) is 7.03. The number of fused-ring (bicyclic) bond motifs is 1. The van der Waals surface area contributed by atoms with E-state index in [0.717, 1.165) is 37.5 Å². The van der Waals surface area contributed by atoms with E-state index in [0.29, 0.717) is 5.92 Å². The van der Waals surface area contributed by atoms with Gasteiger partial charge in [0, 0.05) is 44.2 Å². The molecule has 0 fully saturated rings. The van der Waals surface area contributed by atoms with Gasteiger partial charge < -0.3 is 14.5 Å². The first-order valence-corrected chi connectivity index (χ1v) is 7.95. The molecule has 0 saturated carbocycles. The first-order valence-electron chi connectivity index (χ1n) is 7.95. The fraction of sp³-hybridized carbons (Fsp3) is 0.556. The van der Waals surface area contributed by atoms with E-state index in [1.54, 1.807) is 7.11 Å². The average Bonchev–Trinajstić information content (AvgIpc) is 2.83. The zero-order valence-electron chi connectivity index (χ0n) is 13.4. The fourth-order valence-corrected chi connectivity index (χ4v) is 2.67. The molecule has 1 heterocycles. The van der Waals surface area contributed by atoms with Gasteiger partial charge in [0.2, 0.25) is 0 Å². The highest BCUT2D eigenvalue weighted by molar-refractivity contribution is 5.82. The molecule has 0 saturated heterocycles. The SMILES string of the molecule is CCCCc1oc2ccccc2c1CNCC(C)COC. The Bertz CT molecular complexity index is 547. The molecule has 3 nitrogen and oxygen atoms in total. The second kappa shape index (κ2) is 8.20. The van der Waals surface area contributed by atoms with Gasteiger partial charge in [0.15, 0.2) is 0 Å². The van der Waals surface area contributed by atoms with Crippen molar-refractivity contribution in [3.8, 4) is 0 Å². The largest absolute Gasteiger partial charge is 0.461 e. The molecular weight excluding hydrogens is 262 g/mol. The maximum absolute atomic E-state index is 6.04. The Morgan fingerprint density at radius 3 is 2.86 bits per heavy atom. The minimum absolute atomic E-state index is 0.521. The summed E-state index contributed by atoms with van der Waals surface area (Å²) in [6, 6.07) is 8.33. The highest BCUT2D eigenvalue weighted by Gasteiger charge is 2.13. The highest BCUT2D eigenvalue weighted by Crippen LogP contribution is 2.27. The number of unbranched alkanes of at least 4 members (excludes halogenated alkanes) is 1. The number of para-hydroxylation sites is 1. The van der Waals surface area contributed by atoms with Crippen LogP contribution < -0.4 is 5.32 Å². The molecular formula is C18H27NO2. The molecule has 0 bridgehead atoms. The summed E-state index contributed by atoms with van der Waals surface area (Å²) in [5.74, 6) is 1.66. The number of hydrogen-bond acceptors (Lipinski definition) is 3. The van der Waals surface area contributed by atoms with Crippen LogP contribution in [-0.2, 0) is 17.7 Å². The van der Waals surface area contributed by atoms with Crippen LogP contribution >= 0.6 is 0 Å². The van der Waals surface area contributed by atoms with Crippen LogP contribution in [0.15, 0.2) is 28.7 Å². The lowest BCUT2D eigenvalue weighted by Crippen LogP contribution is -2.23. The summed E-state index contributed by atoms with van der Waals surface area (Å²) in [4.78, 5) is 0. The lowest BCUT2D eigenvalue weighted by molar-refractivity contribution is 0.158. The number of benzene rings is 1. The van der Waals surface area contributed by atoms with Crippen molar-refractivity contribution in [3.63, 3.8) is 0 Å². The predicted octanol–water partition coefficient (Wildman–Crippen LogP) is 4.15. The predicted molar refractivity (Wildman–Crippen MR) is 87.6 cm³/mol. The number of furan rings is 1. The van der Waals surface area contributed by atoms with Gasteiger partial charge in [0.1, 0.15) is 11.3 Å². The number of nitrogens with one attached hydrogen (secondary N) is 1. The summed E-state index contributed by atoms with van der Waals surface area (Å²) in [5.41, 5.74) is 2.33. The van der Waals surface area contributed by atoms with E-state index in [2.05, 4.69) is 37.4 Å². The van der Waals surface area contributed by atoms with Gasteiger partial charge in [-0.2, -0.15) is 0 Å². The van der Waals surface area contributed by atoms with Crippen LogP contribution in [0.1, 0.15) is 38.0 Å². The minimum atomic E-state index is 0.521. The molecule has 0 aliphatic heterocycles. The Balaban J connectivity index is 2.08. The van der Waals surface area contributed by atoms with Gasteiger partial charge in [-0.05, 0) is 18.4 Å². The molecule has 1 aromatic heterocycles. The third kappa shape index (κ3) is 4.32. The zero-order chi connectivity index (χ0) is 15.1. The number of ether oxygens (including phenoxy) is 1. The molecule has 2 aromatic rings. The van der Waals surface area contributed by atoms with Gasteiger partial charge in [-0.3, -0.25) is 0 Å². The van der Waals surface area contributed by atoms with E-state index in [1.165, 1.54) is 23.8 Å². The van der Waals surface area contributed by atoms with Gasteiger partial charge in [-0.15, -0.1) is 0 Å². The lowest BCUT2D eigenvalue weighted by Gasteiger charge is -2.11. The van der Waals surface area contributed by atoms with Gasteiger partial charge in [0.25, 0.3) is 0 Å². The standard InChI is InChI=1S/C18H27NO2/c1-4-5-9-18-16(12-19-11-14(2)13-20-3)15-8-6-7-10-17(15)21-18/h6-8,10,14,19H,4-5,9,11-13H2,1-3H3. The molecule has 1 aromatic carbocycles. The van der Waals surface area contributed by atoms with Crippen LogP contribution in [0.25, 0.3) is 11.0 Å². The molecule has 0 radical (unpaired) electrons. The quantitative estimate of drug-likeness (QED) is 0.753. The molecule has 1 unspecified atom stereocenters. The van der Waals surface area contributed by atoms with E-state index in [-0.39, 0.29) is 0 Å². The van der Waals surface area contributed by atoms with Crippen molar-refractivity contribution in [2.45, 2.75) is 39.7 Å². The van der Waals surface area contributed by atoms with Crippen molar-refractivity contribution in [2.24, 2.45) is 5.92 Å². The van der Waals surface area contributed by atoms with Crippen LogP contribution in [0.5, 0.6) is 0 Å². The van der Waals surface area contributed by atoms with Crippen molar-refractivity contribution in [1.29, 1.82) is 0 Å². The van der Waals surface area contributed by atoms with Crippen molar-refractivity contribution in [3.05, 3.63) is 35.6 Å². The molecule has 1 atom stereocenters. The third-order valence-corrected chi connectivity index (χ3v) is 3.79. The van der Waals surface area contributed by atoms with E-state index in [9.17, 15) is 0 Å². The maximum Gasteiger partial charge on any atom is 0.134 e. The van der Waals surface area contributed by atoms with Crippen LogP contribution in [0, 0.1) is 5.92 Å².